The van der Waals surface area contributed by atoms with Gasteiger partial charge in [0.25, 0.3) is 0 Å². The number of hydrogen-bond acceptors (Lipinski definition) is 4. The highest BCUT2D eigenvalue weighted by Crippen LogP contribution is 2.38. The molecule has 2 aliphatic rings. The van der Waals surface area contributed by atoms with Crippen LogP contribution in [0.3, 0.4) is 0 Å². The minimum atomic E-state index is 0.315. The van der Waals surface area contributed by atoms with Gasteiger partial charge in [0, 0.05) is 30.6 Å². The molecule has 4 heteroatoms. The Labute approximate surface area is 137 Å². The SMILES string of the molecule is CC(C)CC1NC1C(c1cc2ccccc2o1)N1CCOCC1. The molecule has 0 bridgehead atoms. The summed E-state index contributed by atoms with van der Waals surface area (Å²) in [5.74, 6) is 1.82. The zero-order valence-corrected chi connectivity index (χ0v) is 14.0. The van der Waals surface area contributed by atoms with E-state index in [0.717, 1.165) is 43.6 Å². The lowest BCUT2D eigenvalue weighted by molar-refractivity contribution is 0.0110. The zero-order valence-electron chi connectivity index (χ0n) is 14.0. The summed E-state index contributed by atoms with van der Waals surface area (Å²) < 4.78 is 11.8. The first kappa shape index (κ1) is 15.2. The van der Waals surface area contributed by atoms with E-state index >= 15 is 0 Å². The van der Waals surface area contributed by atoms with Crippen molar-refractivity contribution >= 4 is 11.0 Å². The molecule has 2 saturated heterocycles. The normalized spacial score (nSPS) is 26.7. The van der Waals surface area contributed by atoms with Gasteiger partial charge in [0.1, 0.15) is 11.3 Å². The average Bonchev–Trinajstić information content (AvgIpc) is 3.13. The van der Waals surface area contributed by atoms with Crippen molar-refractivity contribution in [2.45, 2.75) is 38.4 Å². The molecule has 1 N–H and O–H groups in total. The summed E-state index contributed by atoms with van der Waals surface area (Å²) in [5, 5.41) is 4.89. The molecule has 3 heterocycles. The molecule has 3 unspecified atom stereocenters. The minimum absolute atomic E-state index is 0.315. The molecular weight excluding hydrogens is 288 g/mol. The van der Waals surface area contributed by atoms with Crippen LogP contribution in [0.1, 0.15) is 32.1 Å². The van der Waals surface area contributed by atoms with Crippen LogP contribution in [0, 0.1) is 5.92 Å². The van der Waals surface area contributed by atoms with Crippen LogP contribution in [0.25, 0.3) is 11.0 Å². The fraction of sp³-hybridized carbons (Fsp3) is 0.579. The standard InChI is InChI=1S/C19H26N2O2/c1-13(2)11-15-18(20-15)19(21-7-9-22-10-8-21)17-12-14-5-3-4-6-16(14)23-17/h3-6,12-13,15,18-20H,7-11H2,1-2H3. The van der Waals surface area contributed by atoms with E-state index < -0.39 is 0 Å². The Morgan fingerprint density at radius 1 is 1.22 bits per heavy atom. The third-order valence-corrected chi connectivity index (χ3v) is 4.97. The first-order valence-electron chi connectivity index (χ1n) is 8.78. The fourth-order valence-electron chi connectivity index (χ4n) is 3.81. The largest absolute Gasteiger partial charge is 0.459 e. The topological polar surface area (TPSA) is 47.5 Å². The summed E-state index contributed by atoms with van der Waals surface area (Å²) in [6.07, 6.45) is 1.23. The van der Waals surface area contributed by atoms with Crippen LogP contribution < -0.4 is 5.32 Å². The van der Waals surface area contributed by atoms with Crippen molar-refractivity contribution in [3.63, 3.8) is 0 Å². The molecule has 1 aromatic carbocycles. The van der Waals surface area contributed by atoms with Crippen LogP contribution >= 0.6 is 0 Å². The Kier molecular flexibility index (Phi) is 4.14. The summed E-state index contributed by atoms with van der Waals surface area (Å²) in [7, 11) is 0. The molecule has 0 radical (unpaired) electrons. The van der Waals surface area contributed by atoms with E-state index in [2.05, 4.69) is 48.3 Å². The summed E-state index contributed by atoms with van der Waals surface area (Å²) in [6, 6.07) is 11.9. The van der Waals surface area contributed by atoms with Gasteiger partial charge < -0.3 is 14.5 Å². The van der Waals surface area contributed by atoms with Gasteiger partial charge in [0.2, 0.25) is 0 Å². The van der Waals surface area contributed by atoms with Gasteiger partial charge >= 0.3 is 0 Å². The van der Waals surface area contributed by atoms with E-state index in [9.17, 15) is 0 Å². The van der Waals surface area contributed by atoms with E-state index in [-0.39, 0.29) is 0 Å². The smallest absolute Gasteiger partial charge is 0.134 e. The Morgan fingerprint density at radius 2 is 2.00 bits per heavy atom. The lowest BCUT2D eigenvalue weighted by atomic mass is 10.00. The van der Waals surface area contributed by atoms with Gasteiger partial charge in [-0.3, -0.25) is 4.90 Å². The summed E-state index contributed by atoms with van der Waals surface area (Å²) in [6.45, 7) is 8.18. The van der Waals surface area contributed by atoms with Crippen LogP contribution in [0.15, 0.2) is 34.7 Å². The number of hydrogen-bond donors (Lipinski definition) is 1. The van der Waals surface area contributed by atoms with Crippen LogP contribution in [0.5, 0.6) is 0 Å². The maximum Gasteiger partial charge on any atom is 0.134 e. The molecule has 0 aliphatic carbocycles. The highest BCUT2D eigenvalue weighted by atomic mass is 16.5. The molecule has 124 valence electrons. The molecule has 0 spiro atoms. The predicted molar refractivity (Wildman–Crippen MR) is 91.5 cm³/mol. The molecule has 4 nitrogen and oxygen atoms in total. The minimum Gasteiger partial charge on any atom is -0.459 e. The van der Waals surface area contributed by atoms with Gasteiger partial charge in [-0.05, 0) is 24.5 Å². The third kappa shape index (κ3) is 3.16. The maximum absolute atomic E-state index is 6.22. The average molecular weight is 314 g/mol. The number of morpholine rings is 1. The molecule has 1 aromatic heterocycles. The van der Waals surface area contributed by atoms with E-state index in [1.54, 1.807) is 0 Å². The fourth-order valence-corrected chi connectivity index (χ4v) is 3.81. The molecule has 0 amide bonds. The van der Waals surface area contributed by atoms with Crippen LogP contribution in [-0.4, -0.2) is 43.3 Å². The summed E-state index contributed by atoms with van der Waals surface area (Å²) in [4.78, 5) is 2.53. The Hall–Kier alpha value is -1.36. The maximum atomic E-state index is 6.22. The van der Waals surface area contributed by atoms with E-state index in [4.69, 9.17) is 9.15 Å². The van der Waals surface area contributed by atoms with Crippen LogP contribution in [-0.2, 0) is 4.74 Å². The van der Waals surface area contributed by atoms with Gasteiger partial charge in [-0.2, -0.15) is 0 Å². The highest BCUT2D eigenvalue weighted by Gasteiger charge is 2.46. The van der Waals surface area contributed by atoms with Gasteiger partial charge in [-0.1, -0.05) is 32.0 Å². The van der Waals surface area contributed by atoms with Crippen LogP contribution in [0.2, 0.25) is 0 Å². The summed E-state index contributed by atoms with van der Waals surface area (Å²) >= 11 is 0. The van der Waals surface area contributed by atoms with Gasteiger partial charge in [0.05, 0.1) is 19.3 Å². The second-order valence-corrected chi connectivity index (χ2v) is 7.21. The lowest BCUT2D eigenvalue weighted by Gasteiger charge is -2.33. The van der Waals surface area contributed by atoms with Gasteiger partial charge in [-0.15, -0.1) is 0 Å². The Bertz CT molecular complexity index is 627. The van der Waals surface area contributed by atoms with E-state index in [1.165, 1.54) is 11.8 Å². The van der Waals surface area contributed by atoms with Gasteiger partial charge in [0.15, 0.2) is 0 Å². The van der Waals surface area contributed by atoms with Crippen molar-refractivity contribution in [1.29, 1.82) is 0 Å². The number of ether oxygens (including phenoxy) is 1. The van der Waals surface area contributed by atoms with Crippen molar-refractivity contribution in [3.8, 4) is 0 Å². The van der Waals surface area contributed by atoms with Crippen molar-refractivity contribution < 1.29 is 9.15 Å². The highest BCUT2D eigenvalue weighted by molar-refractivity contribution is 5.77. The first-order valence-corrected chi connectivity index (χ1v) is 8.78. The zero-order chi connectivity index (χ0) is 15.8. The molecule has 2 aromatic rings. The number of para-hydroxylation sites is 1. The van der Waals surface area contributed by atoms with Crippen LogP contribution in [0.4, 0.5) is 0 Å². The molecular formula is C19H26N2O2. The second-order valence-electron chi connectivity index (χ2n) is 7.21. The molecule has 4 rings (SSSR count). The number of rotatable bonds is 5. The number of benzene rings is 1. The summed E-state index contributed by atoms with van der Waals surface area (Å²) in [5.41, 5.74) is 0.988. The number of furan rings is 1. The quantitative estimate of drug-likeness (QED) is 0.861. The Morgan fingerprint density at radius 3 is 2.74 bits per heavy atom. The Balaban J connectivity index is 1.62. The third-order valence-electron chi connectivity index (χ3n) is 4.97. The molecule has 0 saturated carbocycles. The predicted octanol–water partition coefficient (Wildman–Crippen LogP) is 3.19. The van der Waals surface area contributed by atoms with Crippen molar-refractivity contribution in [2.24, 2.45) is 5.92 Å². The number of nitrogens with zero attached hydrogens (tertiary/aromatic N) is 1. The number of fused-ring (bicyclic) bond motifs is 1. The van der Waals surface area contributed by atoms with E-state index in [1.807, 2.05) is 6.07 Å². The van der Waals surface area contributed by atoms with Crippen molar-refractivity contribution in [1.82, 2.24) is 10.2 Å². The molecule has 23 heavy (non-hydrogen) atoms. The molecule has 2 fully saturated rings. The lowest BCUT2D eigenvalue weighted by Crippen LogP contribution is -2.41. The monoisotopic (exact) mass is 314 g/mol. The first-order chi connectivity index (χ1) is 11.2. The second kappa shape index (κ2) is 6.27. The molecule has 2 aliphatic heterocycles. The van der Waals surface area contributed by atoms with Crippen molar-refractivity contribution in [2.75, 3.05) is 26.3 Å². The molecule has 3 atom stereocenters. The van der Waals surface area contributed by atoms with Gasteiger partial charge in [-0.25, -0.2) is 0 Å². The van der Waals surface area contributed by atoms with E-state index in [0.29, 0.717) is 18.1 Å². The number of nitrogens with one attached hydrogen (secondary N) is 1. The van der Waals surface area contributed by atoms with Crippen molar-refractivity contribution in [3.05, 3.63) is 36.1 Å².